The fourth-order valence-electron chi connectivity index (χ4n) is 4.08. The molecule has 178 valence electrons. The van der Waals surface area contributed by atoms with Gasteiger partial charge in [0, 0.05) is 22.7 Å². The topological polar surface area (TPSA) is 63.4 Å². The third-order valence-corrected chi connectivity index (χ3v) is 7.12. The number of allylic oxidation sites excluding steroid dienone is 1. The fraction of sp³-hybridized carbons (Fsp3) is 0.346. The molecule has 1 aromatic heterocycles. The van der Waals surface area contributed by atoms with Crippen LogP contribution in [0.15, 0.2) is 63.6 Å². The van der Waals surface area contributed by atoms with Crippen LogP contribution >= 0.6 is 24.0 Å². The second kappa shape index (κ2) is 11.1. The molecule has 0 bridgehead atoms. The third-order valence-electron chi connectivity index (χ3n) is 6.04. The molecule has 1 aliphatic heterocycles. The first-order valence-corrected chi connectivity index (χ1v) is 13.1. The summed E-state index contributed by atoms with van der Waals surface area (Å²) in [5.74, 6) is 1.82. The van der Waals surface area contributed by atoms with E-state index in [-0.39, 0.29) is 6.04 Å². The number of nitrogens with zero attached hydrogens (tertiary/aromatic N) is 3. The van der Waals surface area contributed by atoms with Gasteiger partial charge >= 0.3 is 0 Å². The summed E-state index contributed by atoms with van der Waals surface area (Å²) >= 11 is 7.51. The van der Waals surface area contributed by atoms with Gasteiger partial charge in [-0.25, -0.2) is 0 Å². The number of thiocarbonyl (C=S) groups is 1. The molecule has 2 heterocycles. The average Bonchev–Trinajstić information content (AvgIpc) is 3.35. The van der Waals surface area contributed by atoms with Crippen LogP contribution in [0.1, 0.15) is 50.6 Å². The third kappa shape index (κ3) is 5.13. The highest BCUT2D eigenvalue weighted by Crippen LogP contribution is 2.38. The molecule has 34 heavy (non-hydrogen) atoms. The van der Waals surface area contributed by atoms with E-state index in [4.69, 9.17) is 26.5 Å². The highest BCUT2D eigenvalue weighted by molar-refractivity contribution is 7.98. The number of hydrogen-bond donors (Lipinski definition) is 1. The molecule has 1 atom stereocenters. The van der Waals surface area contributed by atoms with Crippen molar-refractivity contribution in [3.63, 3.8) is 0 Å². The van der Waals surface area contributed by atoms with Crippen LogP contribution in [0.2, 0.25) is 0 Å². The Morgan fingerprint density at radius 1 is 1.12 bits per heavy atom. The van der Waals surface area contributed by atoms with Gasteiger partial charge in [-0.15, -0.1) is 11.8 Å². The van der Waals surface area contributed by atoms with E-state index in [0.717, 1.165) is 59.1 Å². The lowest BCUT2D eigenvalue weighted by molar-refractivity contribution is 0.395. The molecule has 1 aliphatic rings. The van der Waals surface area contributed by atoms with E-state index >= 15 is 0 Å². The number of ether oxygens (including phenoxy) is 1. The predicted molar refractivity (Wildman–Crippen MR) is 142 cm³/mol. The summed E-state index contributed by atoms with van der Waals surface area (Å²) in [5, 5.41) is 8.55. The second-order valence-electron chi connectivity index (χ2n) is 8.17. The molecule has 6 nitrogen and oxygen atoms in total. The second-order valence-corrected chi connectivity index (χ2v) is 9.43. The van der Waals surface area contributed by atoms with Crippen molar-refractivity contribution in [2.24, 2.45) is 0 Å². The molecule has 8 heteroatoms. The number of thioether (sulfide) groups is 1. The fourth-order valence-corrected chi connectivity index (χ4v) is 4.84. The molecule has 0 fully saturated rings. The zero-order valence-corrected chi connectivity index (χ0v) is 21.6. The maximum Gasteiger partial charge on any atom is 0.258 e. The molecule has 2 aromatic carbocycles. The Kier molecular flexibility index (Phi) is 7.90. The molecular weight excluding hydrogens is 464 g/mol. The molecule has 0 saturated carbocycles. The normalized spacial score (nSPS) is 16.1. The maximum absolute atomic E-state index is 5.83. The van der Waals surface area contributed by atoms with Crippen molar-refractivity contribution in [2.75, 3.05) is 19.9 Å². The molecule has 0 radical (unpaired) electrons. The Morgan fingerprint density at radius 2 is 1.85 bits per heavy atom. The van der Waals surface area contributed by atoms with Gasteiger partial charge in [-0.3, -0.25) is 0 Å². The zero-order valence-electron chi connectivity index (χ0n) is 20.0. The average molecular weight is 495 g/mol. The molecule has 1 unspecified atom stereocenters. The molecule has 0 spiro atoms. The van der Waals surface area contributed by atoms with Crippen LogP contribution in [-0.4, -0.2) is 40.1 Å². The lowest BCUT2D eigenvalue weighted by Crippen LogP contribution is -2.46. The van der Waals surface area contributed by atoms with Crippen molar-refractivity contribution in [3.8, 4) is 17.1 Å². The van der Waals surface area contributed by atoms with Gasteiger partial charge in [-0.2, -0.15) is 4.98 Å². The van der Waals surface area contributed by atoms with Crippen LogP contribution < -0.4 is 10.1 Å². The van der Waals surface area contributed by atoms with Gasteiger partial charge in [-0.1, -0.05) is 37.1 Å². The van der Waals surface area contributed by atoms with E-state index in [0.29, 0.717) is 11.7 Å². The van der Waals surface area contributed by atoms with Crippen LogP contribution in [0.4, 0.5) is 0 Å². The number of aromatic nitrogens is 2. The Labute approximate surface area is 210 Å². The summed E-state index contributed by atoms with van der Waals surface area (Å²) in [6.07, 6.45) is 5.45. The minimum absolute atomic E-state index is 0.171. The predicted octanol–water partition coefficient (Wildman–Crippen LogP) is 6.32. The smallest absolute Gasteiger partial charge is 0.258 e. The van der Waals surface area contributed by atoms with Crippen molar-refractivity contribution in [3.05, 3.63) is 65.7 Å². The first-order chi connectivity index (χ1) is 16.5. The standard InChI is InChI=1S/C26H30N4O2S2/c1-5-6-7-16-30-17(2)22(23(27-26(30)33)18-10-14-21(34-4)15-11-18)25-28-24(29-32-25)19-8-12-20(31-3)13-9-19/h8-15,23H,5-7,16H2,1-4H3,(H,27,33). The highest BCUT2D eigenvalue weighted by atomic mass is 32.2. The van der Waals surface area contributed by atoms with Gasteiger partial charge in [-0.05, 0) is 73.8 Å². The van der Waals surface area contributed by atoms with Crippen molar-refractivity contribution in [1.29, 1.82) is 0 Å². The Bertz CT molecular complexity index is 1160. The monoisotopic (exact) mass is 494 g/mol. The van der Waals surface area contributed by atoms with Crippen LogP contribution in [-0.2, 0) is 0 Å². The minimum Gasteiger partial charge on any atom is -0.497 e. The van der Waals surface area contributed by atoms with Crippen LogP contribution in [0, 0.1) is 0 Å². The lowest BCUT2D eigenvalue weighted by Gasteiger charge is -2.37. The van der Waals surface area contributed by atoms with Gasteiger partial charge in [0.05, 0.1) is 18.7 Å². The van der Waals surface area contributed by atoms with E-state index < -0.39 is 0 Å². The van der Waals surface area contributed by atoms with Crippen molar-refractivity contribution in [1.82, 2.24) is 20.4 Å². The number of nitrogens with one attached hydrogen (secondary N) is 1. The van der Waals surface area contributed by atoms with E-state index in [2.05, 4.69) is 59.7 Å². The van der Waals surface area contributed by atoms with Gasteiger partial charge in [0.25, 0.3) is 5.89 Å². The number of hydrogen-bond acceptors (Lipinski definition) is 6. The summed E-state index contributed by atoms with van der Waals surface area (Å²) < 4.78 is 11.1. The summed E-state index contributed by atoms with van der Waals surface area (Å²) in [7, 11) is 1.65. The van der Waals surface area contributed by atoms with Crippen molar-refractivity contribution < 1.29 is 9.26 Å². The van der Waals surface area contributed by atoms with Gasteiger partial charge in [0.15, 0.2) is 5.11 Å². The Hall–Kier alpha value is -2.84. The quantitative estimate of drug-likeness (QED) is 0.211. The van der Waals surface area contributed by atoms with Crippen LogP contribution in [0.5, 0.6) is 5.75 Å². The largest absolute Gasteiger partial charge is 0.497 e. The minimum atomic E-state index is -0.171. The molecular formula is C26H30N4O2S2. The SMILES string of the molecule is CCCCCN1C(=S)NC(c2ccc(SC)cc2)C(c2nc(-c3ccc(OC)cc3)no2)=C1C. The summed E-state index contributed by atoms with van der Waals surface area (Å²) in [6, 6.07) is 16.0. The zero-order chi connectivity index (χ0) is 24.1. The number of unbranched alkanes of at least 4 members (excludes halogenated alkanes) is 2. The van der Waals surface area contributed by atoms with Crippen LogP contribution in [0.25, 0.3) is 17.0 Å². The summed E-state index contributed by atoms with van der Waals surface area (Å²) in [6.45, 7) is 5.15. The molecule has 1 N–H and O–H groups in total. The molecule has 0 amide bonds. The number of benzene rings is 2. The lowest BCUT2D eigenvalue weighted by atomic mass is 9.94. The van der Waals surface area contributed by atoms with Gasteiger partial charge in [0.1, 0.15) is 5.75 Å². The van der Waals surface area contributed by atoms with E-state index in [1.165, 1.54) is 4.90 Å². The number of rotatable bonds is 9. The summed E-state index contributed by atoms with van der Waals surface area (Å²) in [4.78, 5) is 8.16. The van der Waals surface area contributed by atoms with E-state index in [1.54, 1.807) is 18.9 Å². The molecule has 4 rings (SSSR count). The Balaban J connectivity index is 1.74. The van der Waals surface area contributed by atoms with Crippen LogP contribution in [0.3, 0.4) is 0 Å². The Morgan fingerprint density at radius 3 is 2.50 bits per heavy atom. The van der Waals surface area contributed by atoms with Crippen molar-refractivity contribution in [2.45, 2.75) is 44.0 Å². The van der Waals surface area contributed by atoms with Gasteiger partial charge in [0.2, 0.25) is 5.82 Å². The highest BCUT2D eigenvalue weighted by Gasteiger charge is 2.33. The maximum atomic E-state index is 5.83. The molecule has 0 aliphatic carbocycles. The molecule has 3 aromatic rings. The van der Waals surface area contributed by atoms with Gasteiger partial charge < -0.3 is 19.5 Å². The number of methoxy groups -OCH3 is 1. The van der Waals surface area contributed by atoms with E-state index in [1.807, 2.05) is 24.3 Å². The first-order valence-electron chi connectivity index (χ1n) is 11.5. The van der Waals surface area contributed by atoms with Crippen molar-refractivity contribution >= 4 is 34.7 Å². The molecule has 0 saturated heterocycles. The first kappa shape index (κ1) is 24.3. The van der Waals surface area contributed by atoms with E-state index in [9.17, 15) is 0 Å². The summed E-state index contributed by atoms with van der Waals surface area (Å²) in [5.41, 5.74) is 3.97.